The summed E-state index contributed by atoms with van der Waals surface area (Å²) in [6, 6.07) is 22.2. The second-order valence-electron chi connectivity index (χ2n) is 7.73. The molecule has 3 aromatic carbocycles. The van der Waals surface area contributed by atoms with Gasteiger partial charge in [0.15, 0.2) is 17.4 Å². The van der Waals surface area contributed by atoms with E-state index in [1.807, 2.05) is 37.3 Å². The van der Waals surface area contributed by atoms with Crippen molar-refractivity contribution in [3.63, 3.8) is 0 Å². The van der Waals surface area contributed by atoms with E-state index in [0.29, 0.717) is 30.0 Å². The van der Waals surface area contributed by atoms with Crippen LogP contribution >= 0.6 is 0 Å². The molecular formula is C26H26FN3O4S. The first kappa shape index (κ1) is 24.4. The molecule has 0 spiro atoms. The average molecular weight is 496 g/mol. The molecule has 0 unspecified atom stereocenters. The number of nitrogens with zero attached hydrogens (tertiary/aromatic N) is 2. The standard InChI is InChI=1S/C26H26FN3O4S/c1-3-30-23(18-34-17-19-10-6-4-7-11-19)25(20-14-15-24(33-2)22(27)16-20)26(28-30)29-35(31,32)21-12-8-5-9-13-21/h4-16H,3,17-18H2,1-2H3,(H,28,29). The molecule has 0 bridgehead atoms. The Hall–Kier alpha value is -3.69. The fourth-order valence-corrected chi connectivity index (χ4v) is 4.76. The Kier molecular flexibility index (Phi) is 7.48. The highest BCUT2D eigenvalue weighted by molar-refractivity contribution is 7.92. The van der Waals surface area contributed by atoms with Crippen LogP contribution < -0.4 is 9.46 Å². The van der Waals surface area contributed by atoms with E-state index in [4.69, 9.17) is 9.47 Å². The number of sulfonamides is 1. The number of benzene rings is 3. The maximum Gasteiger partial charge on any atom is 0.263 e. The predicted molar refractivity (Wildman–Crippen MR) is 132 cm³/mol. The molecule has 1 heterocycles. The molecule has 0 aliphatic heterocycles. The molecule has 0 saturated heterocycles. The number of halogens is 1. The molecule has 0 aliphatic carbocycles. The molecule has 0 amide bonds. The van der Waals surface area contributed by atoms with Gasteiger partial charge in [-0.1, -0.05) is 54.6 Å². The van der Waals surface area contributed by atoms with E-state index in [2.05, 4.69) is 9.82 Å². The molecule has 1 N–H and O–H groups in total. The minimum atomic E-state index is -3.93. The summed E-state index contributed by atoms with van der Waals surface area (Å²) in [7, 11) is -2.54. The van der Waals surface area contributed by atoms with E-state index < -0.39 is 15.8 Å². The normalized spacial score (nSPS) is 11.4. The molecule has 0 atom stereocenters. The summed E-state index contributed by atoms with van der Waals surface area (Å²) < 4.78 is 56.0. The monoisotopic (exact) mass is 495 g/mol. The number of nitrogens with one attached hydrogen (secondary N) is 1. The van der Waals surface area contributed by atoms with Gasteiger partial charge in [0.25, 0.3) is 10.0 Å². The van der Waals surface area contributed by atoms with Crippen molar-refractivity contribution in [2.24, 2.45) is 0 Å². The van der Waals surface area contributed by atoms with Crippen LogP contribution in [-0.4, -0.2) is 25.3 Å². The molecule has 182 valence electrons. The summed E-state index contributed by atoms with van der Waals surface area (Å²) in [4.78, 5) is 0.0970. The minimum absolute atomic E-state index is 0.0879. The zero-order valence-corrected chi connectivity index (χ0v) is 20.3. The number of anilines is 1. The van der Waals surface area contributed by atoms with Gasteiger partial charge in [0.1, 0.15) is 0 Å². The first-order valence-electron chi connectivity index (χ1n) is 11.1. The largest absolute Gasteiger partial charge is 0.494 e. The lowest BCUT2D eigenvalue weighted by atomic mass is 10.0. The van der Waals surface area contributed by atoms with Crippen LogP contribution in [0.4, 0.5) is 10.2 Å². The fourth-order valence-electron chi connectivity index (χ4n) is 3.73. The number of hydrogen-bond donors (Lipinski definition) is 1. The van der Waals surface area contributed by atoms with E-state index in [0.717, 1.165) is 5.56 Å². The number of aromatic nitrogens is 2. The van der Waals surface area contributed by atoms with Crippen molar-refractivity contribution in [3.05, 3.63) is 95.9 Å². The van der Waals surface area contributed by atoms with E-state index in [1.54, 1.807) is 28.9 Å². The highest BCUT2D eigenvalue weighted by Gasteiger charge is 2.24. The van der Waals surface area contributed by atoms with Crippen LogP contribution in [0.15, 0.2) is 83.8 Å². The SMILES string of the molecule is CCn1nc(NS(=O)(=O)c2ccccc2)c(-c2ccc(OC)c(F)c2)c1COCc1ccccc1. The first-order valence-corrected chi connectivity index (χ1v) is 12.5. The minimum Gasteiger partial charge on any atom is -0.494 e. The number of aryl methyl sites for hydroxylation is 1. The Morgan fingerprint density at radius 1 is 0.971 bits per heavy atom. The van der Waals surface area contributed by atoms with Crippen LogP contribution in [0.25, 0.3) is 11.1 Å². The summed E-state index contributed by atoms with van der Waals surface area (Å²) in [6.07, 6.45) is 0. The summed E-state index contributed by atoms with van der Waals surface area (Å²) in [5.74, 6) is -0.384. The Morgan fingerprint density at radius 3 is 2.29 bits per heavy atom. The molecule has 4 rings (SSSR count). The molecule has 0 saturated carbocycles. The third kappa shape index (κ3) is 5.52. The highest BCUT2D eigenvalue weighted by Crippen LogP contribution is 2.35. The quantitative estimate of drug-likeness (QED) is 0.326. The van der Waals surface area contributed by atoms with E-state index in [1.165, 1.54) is 31.4 Å². The lowest BCUT2D eigenvalue weighted by molar-refractivity contribution is 0.102. The third-order valence-corrected chi connectivity index (χ3v) is 6.79. The van der Waals surface area contributed by atoms with Crippen molar-refractivity contribution in [3.8, 4) is 16.9 Å². The van der Waals surface area contributed by atoms with Crippen molar-refractivity contribution in [2.75, 3.05) is 11.8 Å². The van der Waals surface area contributed by atoms with Crippen molar-refractivity contribution in [2.45, 2.75) is 31.6 Å². The van der Waals surface area contributed by atoms with Gasteiger partial charge in [-0.15, -0.1) is 0 Å². The van der Waals surface area contributed by atoms with Gasteiger partial charge in [-0.25, -0.2) is 12.8 Å². The van der Waals surface area contributed by atoms with Gasteiger partial charge in [-0.3, -0.25) is 9.40 Å². The molecule has 0 radical (unpaired) electrons. The third-order valence-electron chi connectivity index (χ3n) is 5.43. The maximum atomic E-state index is 14.6. The van der Waals surface area contributed by atoms with Gasteiger partial charge in [0.05, 0.1) is 36.5 Å². The van der Waals surface area contributed by atoms with Gasteiger partial charge < -0.3 is 9.47 Å². The number of methoxy groups -OCH3 is 1. The lowest BCUT2D eigenvalue weighted by Crippen LogP contribution is -2.14. The van der Waals surface area contributed by atoms with Crippen molar-refractivity contribution in [1.82, 2.24) is 9.78 Å². The van der Waals surface area contributed by atoms with E-state index >= 15 is 0 Å². The molecule has 1 aromatic heterocycles. The van der Waals surface area contributed by atoms with Crippen LogP contribution in [-0.2, 0) is 34.5 Å². The maximum absolute atomic E-state index is 14.6. The fraction of sp³-hybridized carbons (Fsp3) is 0.192. The van der Waals surface area contributed by atoms with Crippen LogP contribution in [0, 0.1) is 5.82 Å². The smallest absolute Gasteiger partial charge is 0.263 e. The average Bonchev–Trinajstić information content (AvgIpc) is 3.21. The van der Waals surface area contributed by atoms with Gasteiger partial charge in [0.2, 0.25) is 0 Å². The summed E-state index contributed by atoms with van der Waals surface area (Å²) in [5.41, 5.74) is 2.52. The summed E-state index contributed by atoms with van der Waals surface area (Å²) >= 11 is 0. The molecule has 4 aromatic rings. The molecule has 0 fully saturated rings. The van der Waals surface area contributed by atoms with Gasteiger partial charge in [0, 0.05) is 6.54 Å². The molecule has 35 heavy (non-hydrogen) atoms. The van der Waals surface area contributed by atoms with Gasteiger partial charge in [-0.05, 0) is 42.3 Å². The Bertz CT molecular complexity index is 1390. The molecule has 7 nitrogen and oxygen atoms in total. The molecule has 0 aliphatic rings. The summed E-state index contributed by atoms with van der Waals surface area (Å²) in [6.45, 7) is 2.85. The Balaban J connectivity index is 1.75. The van der Waals surface area contributed by atoms with Gasteiger partial charge >= 0.3 is 0 Å². The van der Waals surface area contributed by atoms with Crippen LogP contribution in [0.1, 0.15) is 18.2 Å². The van der Waals surface area contributed by atoms with Gasteiger partial charge in [-0.2, -0.15) is 5.10 Å². The second kappa shape index (κ2) is 10.7. The molecule has 9 heteroatoms. The number of ether oxygens (including phenoxy) is 2. The van der Waals surface area contributed by atoms with Crippen molar-refractivity contribution in [1.29, 1.82) is 0 Å². The topological polar surface area (TPSA) is 82.5 Å². The number of rotatable bonds is 10. The Labute approximate surface area is 204 Å². The van der Waals surface area contributed by atoms with E-state index in [-0.39, 0.29) is 23.1 Å². The zero-order chi connectivity index (χ0) is 24.8. The molecular weight excluding hydrogens is 469 g/mol. The van der Waals surface area contributed by atoms with Crippen LogP contribution in [0.3, 0.4) is 0 Å². The zero-order valence-electron chi connectivity index (χ0n) is 19.4. The van der Waals surface area contributed by atoms with Crippen LogP contribution in [0.5, 0.6) is 5.75 Å². The second-order valence-corrected chi connectivity index (χ2v) is 9.41. The Morgan fingerprint density at radius 2 is 1.66 bits per heavy atom. The predicted octanol–water partition coefficient (Wildman–Crippen LogP) is 5.24. The van der Waals surface area contributed by atoms with Crippen LogP contribution in [0.2, 0.25) is 0 Å². The first-order chi connectivity index (χ1) is 16.9. The van der Waals surface area contributed by atoms with Crippen molar-refractivity contribution < 1.29 is 22.3 Å². The highest BCUT2D eigenvalue weighted by atomic mass is 32.2. The van der Waals surface area contributed by atoms with Crippen molar-refractivity contribution >= 4 is 15.8 Å². The summed E-state index contributed by atoms with van der Waals surface area (Å²) in [5, 5.41) is 4.51. The lowest BCUT2D eigenvalue weighted by Gasteiger charge is -2.12. The number of hydrogen-bond acceptors (Lipinski definition) is 5. The van der Waals surface area contributed by atoms with E-state index in [9.17, 15) is 12.8 Å².